The van der Waals surface area contributed by atoms with Gasteiger partial charge in [-0.15, -0.1) is 13.2 Å². The zero-order valence-electron chi connectivity index (χ0n) is 12.4. The first kappa shape index (κ1) is 16.1. The van der Waals surface area contributed by atoms with Gasteiger partial charge in [-0.05, 0) is 42.5 Å². The fraction of sp³-hybridized carbons (Fsp3) is 0.625. The number of hydrogen-bond acceptors (Lipinski definition) is 2. The van der Waals surface area contributed by atoms with Crippen LogP contribution in [0.15, 0.2) is 24.3 Å². The van der Waals surface area contributed by atoms with Crippen LogP contribution in [0.2, 0.25) is 0 Å². The lowest BCUT2D eigenvalue weighted by Crippen LogP contribution is -2.29. The van der Waals surface area contributed by atoms with Crippen molar-refractivity contribution in [2.45, 2.75) is 45.5 Å². The number of alkyl halides is 3. The van der Waals surface area contributed by atoms with Crippen LogP contribution in [-0.4, -0.2) is 12.9 Å². The summed E-state index contributed by atoms with van der Waals surface area (Å²) in [6.45, 7) is 5.03. The van der Waals surface area contributed by atoms with E-state index in [9.17, 15) is 13.2 Å². The van der Waals surface area contributed by atoms with Gasteiger partial charge in [0, 0.05) is 6.04 Å². The van der Waals surface area contributed by atoms with E-state index in [0.29, 0.717) is 11.8 Å². The Kier molecular flexibility index (Phi) is 5.14. The first-order chi connectivity index (χ1) is 9.90. The number of ether oxygens (including phenoxy) is 1. The second-order valence-corrected chi connectivity index (χ2v) is 5.73. The fourth-order valence-corrected chi connectivity index (χ4v) is 3.31. The molecule has 0 aromatic heterocycles. The third kappa shape index (κ3) is 4.37. The van der Waals surface area contributed by atoms with Crippen molar-refractivity contribution in [2.75, 3.05) is 6.54 Å². The molecular formula is C16H22F3NO. The number of halogens is 3. The van der Waals surface area contributed by atoms with Gasteiger partial charge in [-0.2, -0.15) is 0 Å². The van der Waals surface area contributed by atoms with E-state index < -0.39 is 6.36 Å². The van der Waals surface area contributed by atoms with Gasteiger partial charge in [0.2, 0.25) is 0 Å². The summed E-state index contributed by atoms with van der Waals surface area (Å²) in [5, 5.41) is 3.42. The van der Waals surface area contributed by atoms with Crippen molar-refractivity contribution in [3.05, 3.63) is 29.8 Å². The molecule has 2 rings (SSSR count). The van der Waals surface area contributed by atoms with Gasteiger partial charge in [0.05, 0.1) is 0 Å². The van der Waals surface area contributed by atoms with Gasteiger partial charge < -0.3 is 10.1 Å². The van der Waals surface area contributed by atoms with Crippen LogP contribution in [0, 0.1) is 11.8 Å². The van der Waals surface area contributed by atoms with Gasteiger partial charge in [-0.1, -0.05) is 38.8 Å². The van der Waals surface area contributed by atoms with E-state index in [1.807, 2.05) is 13.0 Å². The Balaban J connectivity index is 2.21. The van der Waals surface area contributed by atoms with Crippen molar-refractivity contribution < 1.29 is 17.9 Å². The Hall–Kier alpha value is -1.23. The van der Waals surface area contributed by atoms with E-state index >= 15 is 0 Å². The third-order valence-corrected chi connectivity index (χ3v) is 4.23. The number of nitrogens with one attached hydrogen (secondary N) is 1. The maximum absolute atomic E-state index is 12.3. The van der Waals surface area contributed by atoms with Crippen LogP contribution in [0.1, 0.15) is 44.7 Å². The molecule has 0 aliphatic heterocycles. The first-order valence-corrected chi connectivity index (χ1v) is 7.50. The lowest BCUT2D eigenvalue weighted by Gasteiger charge is -2.28. The monoisotopic (exact) mass is 301 g/mol. The summed E-state index contributed by atoms with van der Waals surface area (Å²) < 4.78 is 41.1. The smallest absolute Gasteiger partial charge is 0.406 e. The molecule has 1 fully saturated rings. The SMILES string of the molecule is CCNC(c1cccc(OC(F)(F)F)c1)C1CCCC1C. The van der Waals surface area contributed by atoms with Crippen molar-refractivity contribution in [1.29, 1.82) is 0 Å². The summed E-state index contributed by atoms with van der Waals surface area (Å²) >= 11 is 0. The minimum Gasteiger partial charge on any atom is -0.406 e. The molecule has 1 N–H and O–H groups in total. The molecule has 0 heterocycles. The standard InChI is InChI=1S/C16H22F3NO/c1-3-20-15(14-9-4-6-11(14)2)12-7-5-8-13(10-12)21-16(17,18)19/h5,7-8,10-11,14-15,20H,3-4,6,9H2,1-2H3. The van der Waals surface area contributed by atoms with Crippen molar-refractivity contribution >= 4 is 0 Å². The Morgan fingerprint density at radius 3 is 2.67 bits per heavy atom. The molecule has 3 atom stereocenters. The maximum atomic E-state index is 12.3. The van der Waals surface area contributed by atoms with Gasteiger partial charge in [-0.25, -0.2) is 0 Å². The number of benzene rings is 1. The van der Waals surface area contributed by atoms with Gasteiger partial charge >= 0.3 is 6.36 Å². The maximum Gasteiger partial charge on any atom is 0.573 e. The molecule has 1 aromatic rings. The molecule has 118 valence electrons. The molecule has 1 saturated carbocycles. The zero-order chi connectivity index (χ0) is 15.5. The third-order valence-electron chi connectivity index (χ3n) is 4.23. The van der Waals surface area contributed by atoms with Crippen LogP contribution in [0.5, 0.6) is 5.75 Å². The molecule has 1 aliphatic carbocycles. The normalized spacial score (nSPS) is 24.0. The summed E-state index contributed by atoms with van der Waals surface area (Å²) in [4.78, 5) is 0. The van der Waals surface area contributed by atoms with Gasteiger partial charge in [0.15, 0.2) is 0 Å². The minimum absolute atomic E-state index is 0.0873. The number of rotatable bonds is 5. The second kappa shape index (κ2) is 6.69. The van der Waals surface area contributed by atoms with Crippen LogP contribution in [0.4, 0.5) is 13.2 Å². The highest BCUT2D eigenvalue weighted by Crippen LogP contribution is 2.40. The summed E-state index contributed by atoms with van der Waals surface area (Å²) in [5.41, 5.74) is 0.873. The molecule has 3 unspecified atom stereocenters. The zero-order valence-corrected chi connectivity index (χ0v) is 12.4. The Morgan fingerprint density at radius 1 is 1.33 bits per heavy atom. The molecule has 5 heteroatoms. The summed E-state index contributed by atoms with van der Waals surface area (Å²) in [6, 6.07) is 6.44. The average molecular weight is 301 g/mol. The predicted molar refractivity (Wildman–Crippen MR) is 76.0 cm³/mol. The Morgan fingerprint density at radius 2 is 2.10 bits per heavy atom. The van der Waals surface area contributed by atoms with E-state index in [0.717, 1.165) is 18.5 Å². The Labute approximate surface area is 123 Å². The van der Waals surface area contributed by atoms with Crippen molar-refractivity contribution in [1.82, 2.24) is 5.32 Å². The fourth-order valence-electron chi connectivity index (χ4n) is 3.31. The Bertz CT molecular complexity index is 461. The van der Waals surface area contributed by atoms with Gasteiger partial charge in [0.1, 0.15) is 5.75 Å². The van der Waals surface area contributed by atoms with E-state index in [4.69, 9.17) is 0 Å². The molecule has 1 aliphatic rings. The van der Waals surface area contributed by atoms with E-state index in [1.54, 1.807) is 6.07 Å². The predicted octanol–water partition coefficient (Wildman–Crippen LogP) is 4.67. The second-order valence-electron chi connectivity index (χ2n) is 5.73. The number of hydrogen-bond donors (Lipinski definition) is 1. The van der Waals surface area contributed by atoms with Crippen LogP contribution in [-0.2, 0) is 0 Å². The molecule has 1 aromatic carbocycles. The van der Waals surface area contributed by atoms with Crippen molar-refractivity contribution in [2.24, 2.45) is 11.8 Å². The molecule has 0 spiro atoms. The molecule has 2 nitrogen and oxygen atoms in total. The van der Waals surface area contributed by atoms with Crippen LogP contribution >= 0.6 is 0 Å². The summed E-state index contributed by atoms with van der Waals surface area (Å²) in [6.07, 6.45) is -1.16. The average Bonchev–Trinajstić information content (AvgIpc) is 2.80. The minimum atomic E-state index is -4.65. The highest BCUT2D eigenvalue weighted by molar-refractivity contribution is 5.31. The van der Waals surface area contributed by atoms with Crippen LogP contribution in [0.25, 0.3) is 0 Å². The molecule has 0 radical (unpaired) electrons. The summed E-state index contributed by atoms with van der Waals surface area (Å²) in [7, 11) is 0. The molecule has 0 amide bonds. The largest absolute Gasteiger partial charge is 0.573 e. The van der Waals surface area contributed by atoms with Crippen molar-refractivity contribution in [3.63, 3.8) is 0 Å². The molecular weight excluding hydrogens is 279 g/mol. The highest BCUT2D eigenvalue weighted by atomic mass is 19.4. The van der Waals surface area contributed by atoms with E-state index in [-0.39, 0.29) is 11.8 Å². The molecule has 0 bridgehead atoms. The van der Waals surface area contributed by atoms with Gasteiger partial charge in [-0.3, -0.25) is 0 Å². The van der Waals surface area contributed by atoms with E-state index in [2.05, 4.69) is 17.0 Å². The van der Waals surface area contributed by atoms with Gasteiger partial charge in [0.25, 0.3) is 0 Å². The van der Waals surface area contributed by atoms with E-state index in [1.165, 1.54) is 25.0 Å². The topological polar surface area (TPSA) is 21.3 Å². The quantitative estimate of drug-likeness (QED) is 0.853. The molecule has 21 heavy (non-hydrogen) atoms. The van der Waals surface area contributed by atoms with Crippen LogP contribution in [0.3, 0.4) is 0 Å². The summed E-state index contributed by atoms with van der Waals surface area (Å²) in [5.74, 6) is 0.904. The molecule has 0 saturated heterocycles. The van der Waals surface area contributed by atoms with Crippen LogP contribution < -0.4 is 10.1 Å². The van der Waals surface area contributed by atoms with Crippen molar-refractivity contribution in [3.8, 4) is 5.75 Å². The highest BCUT2D eigenvalue weighted by Gasteiger charge is 2.33. The lowest BCUT2D eigenvalue weighted by atomic mass is 9.86. The first-order valence-electron chi connectivity index (χ1n) is 7.50. The lowest BCUT2D eigenvalue weighted by molar-refractivity contribution is -0.274.